The van der Waals surface area contributed by atoms with Crippen molar-refractivity contribution in [3.05, 3.63) is 71.8 Å². The number of carbonyl (C=O) groups is 8. The maximum Gasteiger partial charge on any atom is 0.250 e. The van der Waals surface area contributed by atoms with E-state index < -0.39 is 47.8 Å². The second-order valence-corrected chi connectivity index (χ2v) is 26.9. The lowest BCUT2D eigenvalue weighted by Gasteiger charge is -2.33. The summed E-state index contributed by atoms with van der Waals surface area (Å²) in [7, 11) is 0. The van der Waals surface area contributed by atoms with Crippen LogP contribution in [0, 0.1) is 23.7 Å². The van der Waals surface area contributed by atoms with E-state index in [1.54, 1.807) is 9.80 Å². The summed E-state index contributed by atoms with van der Waals surface area (Å²) in [5.74, 6) is -6.05. The number of likely N-dealkylation sites (tertiary alicyclic amines) is 4. The largest absolute Gasteiger partial charge is 0.494 e. The molecule has 0 radical (unpaired) electrons. The van der Waals surface area contributed by atoms with E-state index in [-0.39, 0.29) is 199 Å². The number of carbonyl (C=O) groups excluding carboxylic acids is 8. The van der Waals surface area contributed by atoms with Crippen LogP contribution in [-0.2, 0) is 51.2 Å². The van der Waals surface area contributed by atoms with Gasteiger partial charge >= 0.3 is 0 Å². The van der Waals surface area contributed by atoms with Gasteiger partial charge in [-0.1, -0.05) is 87.8 Å². The van der Waals surface area contributed by atoms with E-state index >= 15 is 0 Å². The Hall–Kier alpha value is -3.92. The molecule has 0 aromatic heterocycles. The molecule has 6 heterocycles. The Morgan fingerprint density at radius 1 is 0.490 bits per heavy atom. The summed E-state index contributed by atoms with van der Waals surface area (Å²) >= 11 is 0. The maximum absolute atomic E-state index is 14.1. The van der Waals surface area contributed by atoms with Crippen LogP contribution < -0.4 is 20.1 Å². The van der Waals surface area contributed by atoms with Crippen molar-refractivity contribution >= 4 is 128 Å². The van der Waals surface area contributed by atoms with Crippen molar-refractivity contribution in [2.75, 3.05) is 65.6 Å². The third kappa shape index (κ3) is 26.6. The van der Waals surface area contributed by atoms with Crippen molar-refractivity contribution < 1.29 is 65.4 Å². The molecule has 4 saturated heterocycles. The number of ketones is 4. The predicted molar refractivity (Wildman–Crippen MR) is 394 cm³/mol. The summed E-state index contributed by atoms with van der Waals surface area (Å²) in [5.41, 5.74) is 1.74. The molecule has 16 nitrogen and oxygen atoms in total. The van der Waals surface area contributed by atoms with Crippen LogP contribution in [0.4, 0.5) is 17.6 Å². The number of hydrogen-bond donors (Lipinski definition) is 2. The van der Waals surface area contributed by atoms with E-state index in [0.717, 1.165) is 68.9 Å². The third-order valence-electron chi connectivity index (χ3n) is 20.2. The molecule has 4 amide bonds. The summed E-state index contributed by atoms with van der Waals surface area (Å²) < 4.78 is 67.2. The molecular weight excluding hydrogens is 1350 g/mol. The van der Waals surface area contributed by atoms with E-state index in [1.165, 1.54) is 0 Å². The molecule has 10 rings (SSSR count). The van der Waals surface area contributed by atoms with Gasteiger partial charge in [-0.05, 0) is 112 Å². The number of Topliss-reactive ketones (excluding diaryl/α,β-unsaturated/α-hetero) is 4. The van der Waals surface area contributed by atoms with Crippen LogP contribution in [0.15, 0.2) is 60.7 Å². The van der Waals surface area contributed by atoms with Crippen LogP contribution in [0.5, 0.6) is 11.5 Å². The first kappa shape index (κ1) is 86.3. The minimum absolute atomic E-state index is 0. The van der Waals surface area contributed by atoms with Crippen LogP contribution in [-0.4, -0.2) is 168 Å². The lowest BCUT2D eigenvalue weighted by atomic mass is 9.89. The smallest absolute Gasteiger partial charge is 0.250 e. The highest BCUT2D eigenvalue weighted by Crippen LogP contribution is 2.34. The molecule has 2 N–H and O–H groups in total. The average molecular weight is 1460 g/mol. The van der Waals surface area contributed by atoms with E-state index in [2.05, 4.69) is 10.6 Å². The number of benzene rings is 2. The summed E-state index contributed by atoms with van der Waals surface area (Å²) in [5, 5.41) is 6.03. The van der Waals surface area contributed by atoms with E-state index in [4.69, 9.17) is 9.47 Å². The van der Waals surface area contributed by atoms with Gasteiger partial charge in [0.15, 0.2) is 23.1 Å². The van der Waals surface area contributed by atoms with E-state index in [1.807, 2.05) is 70.5 Å². The standard InChI is InChI=1S/C35H49F2N3O5.C35H47F2N3O5.6H2S/c2*36-35(37)14-18-39(19-15-35)17-13-27-24-32(42)30(40-16-6-12-33(40)43)22-26-9-5-10-28(21-26)45-20-4-3-11-29(38-34(27)44)31(41)23-25-7-1-2-8-25;;;;;;/h5,9-10,21,25,27,29-30H,1-4,6-8,11-20,22-24H2,(H,38,44);3-5,9-10,21,25,27,29-30H,1-2,6-8,11-20,22-24H2,(H,38,44);6*1H2/b;4-3+;;;;;;/t2*27-,29+,30+;;;;;;/m11....../s1. The molecule has 26 heteroatoms. The molecule has 542 valence electrons. The first-order chi connectivity index (χ1) is 43.3. The van der Waals surface area contributed by atoms with Gasteiger partial charge in [-0.2, -0.15) is 81.0 Å². The van der Waals surface area contributed by atoms with Gasteiger partial charge in [0, 0.05) is 128 Å². The molecule has 6 atom stereocenters. The second kappa shape index (κ2) is 42.4. The maximum atomic E-state index is 14.1. The van der Waals surface area contributed by atoms with Gasteiger partial charge in [-0.15, -0.1) is 0 Å². The highest BCUT2D eigenvalue weighted by atomic mass is 32.1. The Morgan fingerprint density at radius 2 is 0.906 bits per heavy atom. The molecule has 0 unspecified atom stereocenters. The van der Waals surface area contributed by atoms with Crippen molar-refractivity contribution in [2.24, 2.45) is 23.7 Å². The van der Waals surface area contributed by atoms with Gasteiger partial charge in [0.25, 0.3) is 11.8 Å². The van der Waals surface area contributed by atoms with Crippen molar-refractivity contribution in [3.8, 4) is 11.5 Å². The van der Waals surface area contributed by atoms with Gasteiger partial charge in [0.1, 0.15) is 18.1 Å². The Bertz CT molecular complexity index is 2830. The zero-order valence-electron chi connectivity index (χ0n) is 55.6. The summed E-state index contributed by atoms with van der Waals surface area (Å²) in [6, 6.07) is 12.3. The Balaban J connectivity index is 0.000000471. The Labute approximate surface area is 607 Å². The minimum atomic E-state index is -2.68. The number of halogens is 4. The normalized spacial score (nSPS) is 26.2. The molecule has 2 saturated carbocycles. The number of amides is 4. The van der Waals surface area contributed by atoms with Crippen molar-refractivity contribution in [3.63, 3.8) is 0 Å². The molecular formula is C70H108F4N6O10S6. The third-order valence-corrected chi connectivity index (χ3v) is 20.2. The molecule has 2 aromatic rings. The highest BCUT2D eigenvalue weighted by molar-refractivity contribution is 7.60. The van der Waals surface area contributed by atoms with Crippen LogP contribution in [0.3, 0.4) is 0 Å². The SMILES string of the molecule is O=C1N[C@H](C(=O)CC2CCCC2)C/C=C/COc2cccc(c2)C[C@H](N2CCCC2=O)C(=O)C[C@H]1CCN1CCC(F)(F)CC1.O=C1N[C@H](C(=O)CC2CCCC2)CCCCOc2cccc(c2)C[C@H](N2CCCC2=O)C(=O)C[C@H]1CCN1CCC(F)(F)CC1.S.S.S.S.S.S. The van der Waals surface area contributed by atoms with Gasteiger partial charge < -0.3 is 39.7 Å². The van der Waals surface area contributed by atoms with Crippen molar-refractivity contribution in [2.45, 2.75) is 216 Å². The van der Waals surface area contributed by atoms with Gasteiger partial charge in [0.2, 0.25) is 23.6 Å². The molecule has 2 aliphatic carbocycles. The number of hydrogen-bond acceptors (Lipinski definition) is 12. The van der Waals surface area contributed by atoms with Crippen LogP contribution in [0.25, 0.3) is 0 Å². The zero-order valence-corrected chi connectivity index (χ0v) is 61.6. The molecule has 4 bridgehead atoms. The van der Waals surface area contributed by atoms with E-state index in [9.17, 15) is 55.9 Å². The fourth-order valence-electron chi connectivity index (χ4n) is 14.6. The first-order valence-corrected chi connectivity index (χ1v) is 33.9. The summed E-state index contributed by atoms with van der Waals surface area (Å²) in [6.07, 6.45) is 17.6. The van der Waals surface area contributed by atoms with Crippen LogP contribution in [0.2, 0.25) is 0 Å². The molecule has 6 fully saturated rings. The Morgan fingerprint density at radius 3 is 1.34 bits per heavy atom. The van der Waals surface area contributed by atoms with Crippen LogP contribution in [0.1, 0.15) is 178 Å². The number of piperidine rings is 2. The fourth-order valence-corrected chi connectivity index (χ4v) is 14.6. The Kier molecular flexibility index (Phi) is 38.1. The number of alkyl halides is 4. The molecule has 2 aromatic carbocycles. The molecule has 96 heavy (non-hydrogen) atoms. The van der Waals surface area contributed by atoms with Gasteiger partial charge in [0.05, 0.1) is 30.8 Å². The minimum Gasteiger partial charge on any atom is -0.494 e. The highest BCUT2D eigenvalue weighted by Gasteiger charge is 2.41. The van der Waals surface area contributed by atoms with Crippen molar-refractivity contribution in [1.29, 1.82) is 0 Å². The topological polar surface area (TPSA) is 192 Å². The fraction of sp³-hybridized carbons (Fsp3) is 0.686. The number of nitrogens with one attached hydrogen (secondary N) is 2. The zero-order chi connectivity index (χ0) is 63.6. The monoisotopic (exact) mass is 1460 g/mol. The molecule has 0 spiro atoms. The van der Waals surface area contributed by atoms with Crippen LogP contribution >= 0.6 is 81.0 Å². The molecule has 6 aliphatic heterocycles. The lowest BCUT2D eigenvalue weighted by Crippen LogP contribution is -2.48. The van der Waals surface area contributed by atoms with Gasteiger partial charge in [-0.25, -0.2) is 17.6 Å². The number of rotatable bonds is 14. The first-order valence-electron chi connectivity index (χ1n) is 33.9. The van der Waals surface area contributed by atoms with Gasteiger partial charge in [-0.3, -0.25) is 38.4 Å². The number of nitrogens with zero attached hydrogens (tertiary/aromatic N) is 4. The second-order valence-electron chi connectivity index (χ2n) is 26.9. The lowest BCUT2D eigenvalue weighted by molar-refractivity contribution is -0.138. The summed E-state index contributed by atoms with van der Waals surface area (Å²) in [6.45, 7) is 3.45. The number of fused-ring (bicyclic) bond motifs is 4. The average Bonchev–Trinajstić information content (AvgIpc) is 1.56. The van der Waals surface area contributed by atoms with Crippen molar-refractivity contribution in [1.82, 2.24) is 30.2 Å². The summed E-state index contributed by atoms with van der Waals surface area (Å²) in [4.78, 5) is 116. The van der Waals surface area contributed by atoms with E-state index in [0.29, 0.717) is 140 Å². The quantitative estimate of drug-likeness (QED) is 0.135. The molecule has 8 aliphatic rings. The predicted octanol–water partition coefficient (Wildman–Crippen LogP) is 10.7. The number of ether oxygens (including phenoxy) is 2.